The van der Waals surface area contributed by atoms with Crippen molar-refractivity contribution in [2.75, 3.05) is 13.4 Å². The van der Waals surface area contributed by atoms with Crippen molar-refractivity contribution in [2.24, 2.45) is 0 Å². The summed E-state index contributed by atoms with van der Waals surface area (Å²) in [6.07, 6.45) is 6.90. The number of unbranched alkanes of at least 4 members (excludes halogenated alkanes) is 8. The molecule has 3 aromatic carbocycles. The van der Waals surface area contributed by atoms with Gasteiger partial charge in [-0.1, -0.05) is 149 Å². The third kappa shape index (κ3) is 18.8. The number of Topliss-reactive ketones (excluding diaryl/α,β-unsaturated/α-hetero) is 1. The van der Waals surface area contributed by atoms with Gasteiger partial charge in [0.1, 0.15) is 31.9 Å². The monoisotopic (exact) mass is 783 g/mol. The van der Waals surface area contributed by atoms with Gasteiger partial charge in [-0.05, 0) is 36.0 Å². The highest BCUT2D eigenvalue weighted by Crippen LogP contribution is 2.26. The maximum atomic E-state index is 14.2. The van der Waals surface area contributed by atoms with Gasteiger partial charge < -0.3 is 24.3 Å². The van der Waals surface area contributed by atoms with Crippen molar-refractivity contribution < 1.29 is 50.5 Å². The molecule has 2 N–H and O–H groups in total. The lowest BCUT2D eigenvalue weighted by Gasteiger charge is -2.37. The van der Waals surface area contributed by atoms with E-state index in [9.17, 15) is 27.4 Å². The van der Waals surface area contributed by atoms with Gasteiger partial charge in [-0.3, -0.25) is 9.35 Å². The van der Waals surface area contributed by atoms with E-state index in [2.05, 4.69) is 12.2 Å². The van der Waals surface area contributed by atoms with E-state index >= 15 is 0 Å². The second kappa shape index (κ2) is 25.8. The first kappa shape index (κ1) is 45.3. The van der Waals surface area contributed by atoms with E-state index in [-0.39, 0.29) is 33.0 Å². The first-order valence-electron chi connectivity index (χ1n) is 19.2. The molecule has 0 radical (unpaired) electrons. The molecule has 0 saturated carbocycles. The topological polar surface area (TPSA) is 164 Å². The predicted molar refractivity (Wildman–Crippen MR) is 208 cm³/mol. The quantitative estimate of drug-likeness (QED) is 0.0301. The Hall–Kier alpha value is -4.14. The van der Waals surface area contributed by atoms with Crippen LogP contribution < -0.4 is 5.32 Å². The average molecular weight is 784 g/mol. The smallest absolute Gasteiger partial charge is 0.408 e. The Morgan fingerprint density at radius 1 is 0.655 bits per heavy atom. The molecular formula is C42H57NO11S. The number of amides is 1. The molecule has 3 aromatic rings. The number of rotatable bonds is 29. The Morgan fingerprint density at radius 2 is 1.15 bits per heavy atom. The van der Waals surface area contributed by atoms with Crippen LogP contribution in [0, 0.1) is 0 Å². The summed E-state index contributed by atoms with van der Waals surface area (Å²) in [7, 11) is -5.16. The van der Waals surface area contributed by atoms with Crippen LogP contribution in [0.25, 0.3) is 0 Å². The highest BCUT2D eigenvalue weighted by atomic mass is 32.3. The Kier molecular flexibility index (Phi) is 21.3. The first-order chi connectivity index (χ1) is 26.6. The van der Waals surface area contributed by atoms with Crippen LogP contribution in [0.2, 0.25) is 0 Å². The average Bonchev–Trinajstić information content (AvgIpc) is 3.18. The van der Waals surface area contributed by atoms with Crippen molar-refractivity contribution in [3.8, 4) is 0 Å². The fourth-order valence-corrected chi connectivity index (χ4v) is 6.55. The van der Waals surface area contributed by atoms with E-state index in [1.807, 2.05) is 36.4 Å². The summed E-state index contributed by atoms with van der Waals surface area (Å²) in [6.45, 7) is 0.952. The molecule has 1 amide bonds. The lowest BCUT2D eigenvalue weighted by molar-refractivity contribution is -0.166. The maximum absolute atomic E-state index is 14.2. The number of ether oxygens (including phenoxy) is 4. The molecule has 302 valence electrons. The third-order valence-electron chi connectivity index (χ3n) is 8.99. The van der Waals surface area contributed by atoms with Gasteiger partial charge in [0.2, 0.25) is 0 Å². The van der Waals surface area contributed by atoms with Crippen LogP contribution in [0.3, 0.4) is 0 Å². The number of alkyl carbamates (subject to hydrolysis) is 1. The zero-order chi connectivity index (χ0) is 39.6. The van der Waals surface area contributed by atoms with Crippen LogP contribution in [0.5, 0.6) is 0 Å². The van der Waals surface area contributed by atoms with Crippen molar-refractivity contribution in [1.29, 1.82) is 0 Å². The SMILES string of the molecule is CCCCCCC(=O)CCCCCCCC[C@@H](OS(=O)(=O)O)[C@@](COCOCc1ccccc1)(NC(=O)OCc1ccccc1)C(=O)OCc1ccccc1. The molecule has 3 rings (SSSR count). The van der Waals surface area contributed by atoms with E-state index in [1.165, 1.54) is 0 Å². The van der Waals surface area contributed by atoms with Gasteiger partial charge in [-0.2, -0.15) is 8.42 Å². The Balaban J connectivity index is 1.76. The lowest BCUT2D eigenvalue weighted by Crippen LogP contribution is -2.66. The van der Waals surface area contributed by atoms with Crippen molar-refractivity contribution in [3.05, 3.63) is 108 Å². The number of ketones is 1. The molecule has 2 atom stereocenters. The van der Waals surface area contributed by atoms with E-state index in [0.717, 1.165) is 56.9 Å². The van der Waals surface area contributed by atoms with Crippen LogP contribution in [0.4, 0.5) is 4.79 Å². The van der Waals surface area contributed by atoms with E-state index < -0.39 is 40.7 Å². The second-order valence-corrected chi connectivity index (χ2v) is 14.6. The molecule has 0 aliphatic rings. The molecule has 12 nitrogen and oxygen atoms in total. The highest BCUT2D eigenvalue weighted by Gasteiger charge is 2.52. The molecule has 13 heteroatoms. The summed E-state index contributed by atoms with van der Waals surface area (Å²) in [4.78, 5) is 39.9. The molecule has 0 unspecified atom stereocenters. The van der Waals surface area contributed by atoms with Crippen LogP contribution >= 0.6 is 0 Å². The molecule has 0 bridgehead atoms. The fraction of sp³-hybridized carbons (Fsp3) is 0.500. The van der Waals surface area contributed by atoms with Gasteiger partial charge in [0, 0.05) is 12.8 Å². The van der Waals surface area contributed by atoms with Gasteiger partial charge >= 0.3 is 22.5 Å². The number of hydrogen-bond donors (Lipinski definition) is 2. The zero-order valence-electron chi connectivity index (χ0n) is 31.9. The van der Waals surface area contributed by atoms with Gasteiger partial charge in [0.15, 0.2) is 5.54 Å². The Morgan fingerprint density at radius 3 is 1.69 bits per heavy atom. The highest BCUT2D eigenvalue weighted by molar-refractivity contribution is 7.80. The predicted octanol–water partition coefficient (Wildman–Crippen LogP) is 8.43. The molecule has 0 aliphatic heterocycles. The van der Waals surface area contributed by atoms with Crippen LogP contribution in [0.1, 0.15) is 107 Å². The standard InChI is InChI=1S/C42H57NO11S/c1-2-3-4-18-27-38(44)28-19-7-5-6-8-20-29-39(54-55(47,48)49)42(40(45)52-31-36-23-14-10-15-24-36,33-51-34-50-30-35-21-12-9-13-22-35)43-41(46)53-32-37-25-16-11-17-26-37/h9-17,21-26,39H,2-8,18-20,27-34H2,1H3,(H,43,46)(H,47,48,49)/t39-,42-/m1/s1. The van der Waals surface area contributed by atoms with Gasteiger partial charge in [0.25, 0.3) is 0 Å². The summed E-state index contributed by atoms with van der Waals surface area (Å²) in [5.74, 6) is -0.775. The van der Waals surface area contributed by atoms with Gasteiger partial charge in [-0.15, -0.1) is 0 Å². The number of nitrogens with one attached hydrogen (secondary N) is 1. The number of hydrogen-bond acceptors (Lipinski definition) is 10. The molecule has 0 fully saturated rings. The van der Waals surface area contributed by atoms with Crippen LogP contribution in [-0.4, -0.2) is 55.9 Å². The summed E-state index contributed by atoms with van der Waals surface area (Å²) >= 11 is 0. The summed E-state index contributed by atoms with van der Waals surface area (Å²) in [5, 5.41) is 2.52. The van der Waals surface area contributed by atoms with Crippen molar-refractivity contribution >= 4 is 28.2 Å². The number of carbonyl (C=O) groups is 3. The minimum absolute atomic E-state index is 0.0936. The van der Waals surface area contributed by atoms with E-state index in [4.69, 9.17) is 23.1 Å². The Bertz CT molecular complexity index is 1620. The van der Waals surface area contributed by atoms with Crippen LogP contribution in [-0.2, 0) is 62.9 Å². The zero-order valence-corrected chi connectivity index (χ0v) is 32.7. The molecular weight excluding hydrogens is 727 g/mol. The van der Waals surface area contributed by atoms with Crippen molar-refractivity contribution in [3.63, 3.8) is 0 Å². The van der Waals surface area contributed by atoms with E-state index in [0.29, 0.717) is 42.6 Å². The number of esters is 1. The van der Waals surface area contributed by atoms with Gasteiger partial charge in [-0.25, -0.2) is 13.8 Å². The van der Waals surface area contributed by atoms with Crippen molar-refractivity contribution in [2.45, 2.75) is 122 Å². The normalized spacial score (nSPS) is 13.1. The summed E-state index contributed by atoms with van der Waals surface area (Å²) in [5.41, 5.74) is -0.147. The molecule has 55 heavy (non-hydrogen) atoms. The van der Waals surface area contributed by atoms with E-state index in [1.54, 1.807) is 54.6 Å². The largest absolute Gasteiger partial charge is 0.459 e. The lowest BCUT2D eigenvalue weighted by atomic mass is 9.89. The molecule has 0 aromatic heterocycles. The second-order valence-electron chi connectivity index (χ2n) is 13.5. The fourth-order valence-electron chi connectivity index (χ4n) is 6.00. The maximum Gasteiger partial charge on any atom is 0.408 e. The first-order valence-corrected chi connectivity index (χ1v) is 20.5. The molecule has 0 aliphatic carbocycles. The van der Waals surface area contributed by atoms with Gasteiger partial charge in [0.05, 0.1) is 13.2 Å². The summed E-state index contributed by atoms with van der Waals surface area (Å²) in [6, 6.07) is 27.0. The number of benzene rings is 3. The van der Waals surface area contributed by atoms with Crippen LogP contribution in [0.15, 0.2) is 91.0 Å². The summed E-state index contributed by atoms with van der Waals surface area (Å²) < 4.78 is 62.4. The minimum Gasteiger partial charge on any atom is -0.459 e. The number of carbonyl (C=O) groups excluding carboxylic acids is 3. The van der Waals surface area contributed by atoms with Crippen molar-refractivity contribution in [1.82, 2.24) is 5.32 Å². The minimum atomic E-state index is -5.16. The molecule has 0 spiro atoms. The molecule has 0 heterocycles. The molecule has 0 saturated heterocycles. The Labute approximate surface area is 326 Å². The third-order valence-corrected chi connectivity index (χ3v) is 9.47.